The number of hydrogen-bond donors (Lipinski definition) is 0. The Morgan fingerprint density at radius 2 is 1.52 bits per heavy atom. The molecule has 29 heavy (non-hydrogen) atoms. The molecule has 1 saturated carbocycles. The Balaban J connectivity index is 0.000000166. The van der Waals surface area contributed by atoms with Crippen LogP contribution < -0.4 is 9.64 Å². The van der Waals surface area contributed by atoms with Crippen molar-refractivity contribution in [2.24, 2.45) is 0 Å². The zero-order chi connectivity index (χ0) is 21.3. The van der Waals surface area contributed by atoms with E-state index >= 15 is 0 Å². The molecule has 1 aromatic rings. The highest BCUT2D eigenvalue weighted by molar-refractivity contribution is 6.07. The van der Waals surface area contributed by atoms with Crippen molar-refractivity contribution in [1.29, 1.82) is 0 Å². The van der Waals surface area contributed by atoms with Crippen LogP contribution in [-0.4, -0.2) is 58.9 Å². The molecule has 0 atom stereocenters. The van der Waals surface area contributed by atoms with Crippen molar-refractivity contribution in [2.45, 2.75) is 71.0 Å². The predicted octanol–water partition coefficient (Wildman–Crippen LogP) is 3.42. The lowest BCUT2D eigenvalue weighted by Gasteiger charge is -2.32. The van der Waals surface area contributed by atoms with Crippen molar-refractivity contribution in [1.82, 2.24) is 9.80 Å². The second-order valence-electron chi connectivity index (χ2n) is 8.46. The van der Waals surface area contributed by atoms with Gasteiger partial charge in [-0.1, -0.05) is 25.0 Å². The summed E-state index contributed by atoms with van der Waals surface area (Å²) in [5.41, 5.74) is 0.375. The van der Waals surface area contributed by atoms with E-state index in [-0.39, 0.29) is 36.5 Å². The van der Waals surface area contributed by atoms with Gasteiger partial charge in [-0.3, -0.25) is 14.5 Å². The first-order valence-corrected chi connectivity index (χ1v) is 10.4. The zero-order valence-electron chi connectivity index (χ0n) is 18.0. The molecule has 0 bridgehead atoms. The van der Waals surface area contributed by atoms with Crippen molar-refractivity contribution in [3.05, 3.63) is 24.3 Å². The van der Waals surface area contributed by atoms with Crippen LogP contribution in [0.2, 0.25) is 0 Å². The maximum absolute atomic E-state index is 12.3. The molecule has 0 N–H and O–H groups in total. The van der Waals surface area contributed by atoms with Crippen LogP contribution in [0.15, 0.2) is 24.3 Å². The highest BCUT2D eigenvalue weighted by Gasteiger charge is 2.57. The van der Waals surface area contributed by atoms with E-state index in [1.165, 1.54) is 4.90 Å². The molecule has 0 aromatic heterocycles. The number of rotatable bonds is 2. The zero-order valence-corrected chi connectivity index (χ0v) is 18.0. The molecular weight excluding hydrogens is 370 g/mol. The van der Waals surface area contributed by atoms with Gasteiger partial charge in [0, 0.05) is 19.1 Å². The third-order valence-electron chi connectivity index (χ3n) is 5.96. The highest BCUT2D eigenvalue weighted by atomic mass is 16.5. The summed E-state index contributed by atoms with van der Waals surface area (Å²) in [7, 11) is 1.76. The maximum Gasteiger partial charge on any atom is 0.327 e. The summed E-state index contributed by atoms with van der Waals surface area (Å²) in [5, 5.41) is 0. The van der Waals surface area contributed by atoms with Gasteiger partial charge in [-0.05, 0) is 52.7 Å². The molecule has 2 fully saturated rings. The summed E-state index contributed by atoms with van der Waals surface area (Å²) in [5.74, 6) is 0.835. The molecule has 3 aliphatic rings. The average Bonchev–Trinajstić information content (AvgIpc) is 3.24. The molecule has 1 aliphatic carbocycles. The molecule has 0 unspecified atom stereocenters. The number of likely N-dealkylation sites (N-methyl/N-ethyl adjacent to an activating group) is 1. The molecule has 4 amide bonds. The summed E-state index contributed by atoms with van der Waals surface area (Å²) in [6, 6.07) is 7.63. The lowest BCUT2D eigenvalue weighted by atomic mass is 9.96. The average molecular weight is 402 g/mol. The molecular formula is C22H31N3O4. The summed E-state index contributed by atoms with van der Waals surface area (Å²) in [6.07, 6.45) is 3.76. The standard InChI is InChI=1S/C11H18N2O2.C11H13NO2/c1-8(2)13-9(14)11(6-4-5-7-11)12(3)10(13)15;1-8(2)12-9-5-3-4-6-10(9)14-7-11(12)13/h8H,4-7H2,1-3H3;3-6,8H,7H2,1-2H3. The van der Waals surface area contributed by atoms with Crippen molar-refractivity contribution in [3.63, 3.8) is 0 Å². The molecule has 2 heterocycles. The first-order valence-electron chi connectivity index (χ1n) is 10.4. The van der Waals surface area contributed by atoms with E-state index in [0.29, 0.717) is 0 Å². The minimum absolute atomic E-state index is 0.0162. The van der Waals surface area contributed by atoms with Crippen LogP contribution in [0.1, 0.15) is 53.4 Å². The van der Waals surface area contributed by atoms with E-state index in [2.05, 4.69) is 0 Å². The monoisotopic (exact) mass is 401 g/mol. The fourth-order valence-corrected chi connectivity index (χ4v) is 4.45. The summed E-state index contributed by atoms with van der Waals surface area (Å²) < 4.78 is 5.32. The highest BCUT2D eigenvalue weighted by Crippen LogP contribution is 2.41. The molecule has 7 heteroatoms. The number of benzene rings is 1. The van der Waals surface area contributed by atoms with Crippen LogP contribution in [0.25, 0.3) is 0 Å². The van der Waals surface area contributed by atoms with Gasteiger partial charge in [0.1, 0.15) is 11.3 Å². The van der Waals surface area contributed by atoms with Gasteiger partial charge in [0.2, 0.25) is 0 Å². The Labute approximate surface area is 172 Å². The van der Waals surface area contributed by atoms with Gasteiger partial charge in [0.05, 0.1) is 5.69 Å². The van der Waals surface area contributed by atoms with Crippen molar-refractivity contribution in [2.75, 3.05) is 18.6 Å². The number of nitrogens with zero attached hydrogens (tertiary/aromatic N) is 3. The smallest absolute Gasteiger partial charge is 0.327 e. The summed E-state index contributed by atoms with van der Waals surface area (Å²) in [4.78, 5) is 40.6. The fraction of sp³-hybridized carbons (Fsp3) is 0.591. The van der Waals surface area contributed by atoms with Gasteiger partial charge in [-0.25, -0.2) is 4.79 Å². The number of amides is 4. The van der Waals surface area contributed by atoms with Crippen molar-refractivity contribution >= 4 is 23.5 Å². The predicted molar refractivity (Wildman–Crippen MR) is 111 cm³/mol. The lowest BCUT2D eigenvalue weighted by Crippen LogP contribution is -2.45. The number of imide groups is 1. The number of urea groups is 1. The topological polar surface area (TPSA) is 70.2 Å². The second kappa shape index (κ2) is 8.05. The van der Waals surface area contributed by atoms with E-state index < -0.39 is 5.54 Å². The molecule has 4 rings (SSSR count). The number of fused-ring (bicyclic) bond motifs is 1. The van der Waals surface area contributed by atoms with Crippen LogP contribution in [0.4, 0.5) is 10.5 Å². The Morgan fingerprint density at radius 1 is 0.931 bits per heavy atom. The fourth-order valence-electron chi connectivity index (χ4n) is 4.45. The molecule has 158 valence electrons. The minimum atomic E-state index is -0.499. The quantitative estimate of drug-likeness (QED) is 0.712. The van der Waals surface area contributed by atoms with E-state index in [9.17, 15) is 14.4 Å². The Kier molecular flexibility index (Phi) is 5.87. The van der Waals surface area contributed by atoms with Crippen LogP contribution in [0, 0.1) is 0 Å². The first-order chi connectivity index (χ1) is 13.7. The van der Waals surface area contributed by atoms with Crippen LogP contribution in [-0.2, 0) is 9.59 Å². The van der Waals surface area contributed by atoms with Crippen LogP contribution >= 0.6 is 0 Å². The van der Waals surface area contributed by atoms with Gasteiger partial charge in [-0.15, -0.1) is 0 Å². The van der Waals surface area contributed by atoms with E-state index in [1.54, 1.807) is 16.8 Å². The van der Waals surface area contributed by atoms with Gasteiger partial charge >= 0.3 is 6.03 Å². The Bertz CT molecular complexity index is 799. The Hall–Kier alpha value is -2.57. The van der Waals surface area contributed by atoms with Crippen LogP contribution in [0.5, 0.6) is 5.75 Å². The summed E-state index contributed by atoms with van der Waals surface area (Å²) in [6.45, 7) is 7.92. The SMILES string of the molecule is CC(C)N1C(=O)COc2ccccc21.CC(C)N1C(=O)N(C)C2(CCCC2)C1=O. The molecule has 1 spiro atoms. The van der Waals surface area contributed by atoms with Gasteiger partial charge in [0.15, 0.2) is 6.61 Å². The summed E-state index contributed by atoms with van der Waals surface area (Å²) >= 11 is 0. The number of carbonyl (C=O) groups is 3. The molecule has 7 nitrogen and oxygen atoms in total. The van der Waals surface area contributed by atoms with Crippen molar-refractivity contribution in [3.8, 4) is 5.75 Å². The third kappa shape index (κ3) is 3.58. The van der Waals surface area contributed by atoms with Gasteiger partial charge in [-0.2, -0.15) is 0 Å². The Morgan fingerprint density at radius 3 is 2.07 bits per heavy atom. The molecule has 0 radical (unpaired) electrons. The van der Waals surface area contributed by atoms with Crippen LogP contribution in [0.3, 0.4) is 0 Å². The van der Waals surface area contributed by atoms with Gasteiger partial charge < -0.3 is 14.5 Å². The third-order valence-corrected chi connectivity index (χ3v) is 5.96. The number of anilines is 1. The lowest BCUT2D eigenvalue weighted by molar-refractivity contribution is -0.133. The van der Waals surface area contributed by atoms with Gasteiger partial charge in [0.25, 0.3) is 11.8 Å². The van der Waals surface area contributed by atoms with E-state index in [0.717, 1.165) is 37.1 Å². The normalized spacial score (nSPS) is 20.4. The van der Waals surface area contributed by atoms with Crippen molar-refractivity contribution < 1.29 is 19.1 Å². The van der Waals surface area contributed by atoms with E-state index in [4.69, 9.17) is 4.74 Å². The maximum atomic E-state index is 12.3. The minimum Gasteiger partial charge on any atom is -0.482 e. The molecule has 1 aromatic carbocycles. The molecule has 1 saturated heterocycles. The first kappa shape index (κ1) is 21.1. The largest absolute Gasteiger partial charge is 0.482 e. The number of ether oxygens (including phenoxy) is 1. The number of para-hydroxylation sites is 2. The number of carbonyl (C=O) groups excluding carboxylic acids is 3. The number of hydrogen-bond acceptors (Lipinski definition) is 4. The molecule has 2 aliphatic heterocycles. The second-order valence-corrected chi connectivity index (χ2v) is 8.46. The van der Waals surface area contributed by atoms with E-state index in [1.807, 2.05) is 52.0 Å².